The SMILES string of the molecule is O=C(NC1CCCC1)/C(=C/c1cccs1)NC(=O)c1ccccc1. The number of hydrogen-bond acceptors (Lipinski definition) is 3. The molecule has 24 heavy (non-hydrogen) atoms. The van der Waals surface area contributed by atoms with Crippen LogP contribution >= 0.6 is 11.3 Å². The van der Waals surface area contributed by atoms with E-state index in [4.69, 9.17) is 0 Å². The van der Waals surface area contributed by atoms with Crippen LogP contribution in [-0.4, -0.2) is 17.9 Å². The Hall–Kier alpha value is -2.40. The molecule has 2 aromatic rings. The van der Waals surface area contributed by atoms with Crippen LogP contribution in [0.15, 0.2) is 53.5 Å². The normalized spacial score (nSPS) is 15.2. The first-order valence-electron chi connectivity index (χ1n) is 8.15. The quantitative estimate of drug-likeness (QED) is 0.818. The van der Waals surface area contributed by atoms with Crippen LogP contribution in [0.1, 0.15) is 40.9 Å². The molecule has 0 aliphatic heterocycles. The Morgan fingerprint density at radius 3 is 2.46 bits per heavy atom. The molecule has 0 radical (unpaired) electrons. The van der Waals surface area contributed by atoms with Gasteiger partial charge in [0.15, 0.2) is 0 Å². The van der Waals surface area contributed by atoms with Gasteiger partial charge in [0.05, 0.1) is 0 Å². The van der Waals surface area contributed by atoms with Crippen LogP contribution in [-0.2, 0) is 4.79 Å². The van der Waals surface area contributed by atoms with Crippen molar-refractivity contribution in [1.82, 2.24) is 10.6 Å². The molecule has 124 valence electrons. The third-order valence-corrected chi connectivity index (χ3v) is 4.87. The molecular weight excluding hydrogens is 320 g/mol. The van der Waals surface area contributed by atoms with Gasteiger partial charge in [-0.1, -0.05) is 37.1 Å². The Bertz CT molecular complexity index is 717. The number of amides is 2. The zero-order valence-electron chi connectivity index (χ0n) is 13.3. The first-order valence-corrected chi connectivity index (χ1v) is 9.03. The lowest BCUT2D eigenvalue weighted by Crippen LogP contribution is -2.39. The minimum atomic E-state index is -0.278. The van der Waals surface area contributed by atoms with E-state index >= 15 is 0 Å². The van der Waals surface area contributed by atoms with Crippen molar-refractivity contribution in [2.75, 3.05) is 0 Å². The smallest absolute Gasteiger partial charge is 0.268 e. The highest BCUT2D eigenvalue weighted by atomic mass is 32.1. The molecule has 2 N–H and O–H groups in total. The van der Waals surface area contributed by atoms with Gasteiger partial charge in [0.1, 0.15) is 5.70 Å². The number of rotatable bonds is 5. The summed E-state index contributed by atoms with van der Waals surface area (Å²) >= 11 is 1.53. The summed E-state index contributed by atoms with van der Waals surface area (Å²) in [6.45, 7) is 0. The summed E-state index contributed by atoms with van der Waals surface area (Å²) in [4.78, 5) is 25.9. The first-order chi connectivity index (χ1) is 11.7. The summed E-state index contributed by atoms with van der Waals surface area (Å²) in [7, 11) is 0. The van der Waals surface area contributed by atoms with E-state index in [0.29, 0.717) is 11.3 Å². The maximum atomic E-state index is 12.6. The van der Waals surface area contributed by atoms with E-state index in [9.17, 15) is 9.59 Å². The van der Waals surface area contributed by atoms with Crippen molar-refractivity contribution in [3.63, 3.8) is 0 Å². The highest BCUT2D eigenvalue weighted by Crippen LogP contribution is 2.19. The molecular formula is C19H20N2O2S. The van der Waals surface area contributed by atoms with Gasteiger partial charge in [-0.2, -0.15) is 0 Å². The molecule has 0 bridgehead atoms. The summed E-state index contributed by atoms with van der Waals surface area (Å²) in [5.41, 5.74) is 0.821. The molecule has 4 nitrogen and oxygen atoms in total. The van der Waals surface area contributed by atoms with Crippen LogP contribution in [0.5, 0.6) is 0 Å². The minimum absolute atomic E-state index is 0.206. The fourth-order valence-corrected chi connectivity index (χ4v) is 3.45. The van der Waals surface area contributed by atoms with Gasteiger partial charge in [0.2, 0.25) is 0 Å². The monoisotopic (exact) mass is 340 g/mol. The second kappa shape index (κ2) is 7.93. The third kappa shape index (κ3) is 4.32. The third-order valence-electron chi connectivity index (χ3n) is 4.05. The minimum Gasteiger partial charge on any atom is -0.348 e. The van der Waals surface area contributed by atoms with Gasteiger partial charge in [0, 0.05) is 16.5 Å². The summed E-state index contributed by atoms with van der Waals surface area (Å²) < 4.78 is 0. The topological polar surface area (TPSA) is 58.2 Å². The van der Waals surface area contributed by atoms with E-state index in [1.54, 1.807) is 30.3 Å². The van der Waals surface area contributed by atoms with Crippen LogP contribution in [0, 0.1) is 0 Å². The van der Waals surface area contributed by atoms with Crippen molar-refractivity contribution in [2.45, 2.75) is 31.7 Å². The average Bonchev–Trinajstić information content (AvgIpc) is 3.29. The summed E-state index contributed by atoms with van der Waals surface area (Å²) in [6.07, 6.45) is 6.03. The van der Waals surface area contributed by atoms with Gasteiger partial charge in [-0.3, -0.25) is 9.59 Å². The predicted octanol–water partition coefficient (Wildman–Crippen LogP) is 3.58. The van der Waals surface area contributed by atoms with E-state index in [-0.39, 0.29) is 17.9 Å². The maximum Gasteiger partial charge on any atom is 0.268 e. The van der Waals surface area contributed by atoms with Crippen LogP contribution < -0.4 is 10.6 Å². The number of thiophene rings is 1. The Balaban J connectivity index is 1.77. The Labute approximate surface area is 145 Å². The summed E-state index contributed by atoms with van der Waals surface area (Å²) in [5, 5.41) is 7.73. The van der Waals surface area contributed by atoms with Gasteiger partial charge in [-0.15, -0.1) is 11.3 Å². The van der Waals surface area contributed by atoms with E-state index < -0.39 is 0 Å². The molecule has 0 saturated heterocycles. The highest BCUT2D eigenvalue weighted by Gasteiger charge is 2.21. The van der Waals surface area contributed by atoms with Gasteiger partial charge in [-0.25, -0.2) is 0 Å². The van der Waals surface area contributed by atoms with E-state index in [2.05, 4.69) is 10.6 Å². The zero-order valence-corrected chi connectivity index (χ0v) is 14.1. The van der Waals surface area contributed by atoms with E-state index in [1.165, 1.54) is 11.3 Å². The molecule has 1 saturated carbocycles. The average molecular weight is 340 g/mol. The first kappa shape index (κ1) is 16.5. The standard InChI is InChI=1S/C19H20N2O2S/c22-18(14-7-2-1-3-8-14)21-17(13-16-11-6-12-24-16)19(23)20-15-9-4-5-10-15/h1-3,6-8,11-13,15H,4-5,9-10H2,(H,20,23)(H,21,22)/b17-13-. The molecule has 1 aliphatic carbocycles. The van der Waals surface area contributed by atoms with E-state index in [0.717, 1.165) is 30.6 Å². The van der Waals surface area contributed by atoms with Gasteiger partial charge in [0.25, 0.3) is 11.8 Å². The van der Waals surface area contributed by atoms with E-state index in [1.807, 2.05) is 23.6 Å². The van der Waals surface area contributed by atoms with Crippen molar-refractivity contribution < 1.29 is 9.59 Å². The largest absolute Gasteiger partial charge is 0.348 e. The van der Waals surface area contributed by atoms with Gasteiger partial charge < -0.3 is 10.6 Å². The molecule has 5 heteroatoms. The lowest BCUT2D eigenvalue weighted by Gasteiger charge is -2.15. The Kier molecular flexibility index (Phi) is 5.43. The number of carbonyl (C=O) groups is 2. The fourth-order valence-electron chi connectivity index (χ4n) is 2.79. The van der Waals surface area contributed by atoms with Crippen molar-refractivity contribution >= 4 is 29.2 Å². The summed E-state index contributed by atoms with van der Waals surface area (Å²) in [6, 6.07) is 13.0. The zero-order chi connectivity index (χ0) is 16.8. The van der Waals surface area contributed by atoms with Crippen molar-refractivity contribution in [2.24, 2.45) is 0 Å². The number of nitrogens with one attached hydrogen (secondary N) is 2. The molecule has 1 aromatic heterocycles. The Morgan fingerprint density at radius 1 is 1.04 bits per heavy atom. The second-order valence-electron chi connectivity index (χ2n) is 5.85. The van der Waals surface area contributed by atoms with Gasteiger partial charge >= 0.3 is 0 Å². The molecule has 2 amide bonds. The molecule has 0 unspecified atom stereocenters. The highest BCUT2D eigenvalue weighted by molar-refractivity contribution is 7.10. The molecule has 0 spiro atoms. The molecule has 1 fully saturated rings. The molecule has 1 aromatic carbocycles. The van der Waals surface area contributed by atoms with Gasteiger partial charge in [-0.05, 0) is 42.5 Å². The van der Waals surface area contributed by atoms with Crippen molar-refractivity contribution in [1.29, 1.82) is 0 Å². The van der Waals surface area contributed by atoms with Crippen molar-refractivity contribution in [3.8, 4) is 0 Å². The molecule has 0 atom stereocenters. The van der Waals surface area contributed by atoms with Crippen molar-refractivity contribution in [3.05, 3.63) is 64.0 Å². The lowest BCUT2D eigenvalue weighted by molar-refractivity contribution is -0.118. The van der Waals surface area contributed by atoms with Crippen LogP contribution in [0.25, 0.3) is 6.08 Å². The van der Waals surface area contributed by atoms with Crippen LogP contribution in [0.3, 0.4) is 0 Å². The number of benzene rings is 1. The van der Waals surface area contributed by atoms with Crippen LogP contribution in [0.4, 0.5) is 0 Å². The van der Waals surface area contributed by atoms with Crippen LogP contribution in [0.2, 0.25) is 0 Å². The fraction of sp³-hybridized carbons (Fsp3) is 0.263. The Morgan fingerprint density at radius 2 is 1.79 bits per heavy atom. The molecule has 1 heterocycles. The molecule has 1 aliphatic rings. The molecule has 3 rings (SSSR count). The maximum absolute atomic E-state index is 12.6. The lowest BCUT2D eigenvalue weighted by atomic mass is 10.2. The predicted molar refractivity (Wildman–Crippen MR) is 96.6 cm³/mol. The second-order valence-corrected chi connectivity index (χ2v) is 6.83. The number of hydrogen-bond donors (Lipinski definition) is 2. The number of carbonyl (C=O) groups excluding carboxylic acids is 2. The summed E-state index contributed by atoms with van der Waals surface area (Å²) in [5.74, 6) is -0.500.